The molecule has 1 fully saturated rings. The Labute approximate surface area is 324 Å². The number of rotatable bonds is 19. The maximum absolute atomic E-state index is 14.5. The first-order valence-electron chi connectivity index (χ1n) is 18.9. The Balaban J connectivity index is 1.68. The van der Waals surface area contributed by atoms with Crippen molar-refractivity contribution in [2.24, 2.45) is 0 Å². The van der Waals surface area contributed by atoms with Gasteiger partial charge < -0.3 is 39.1 Å². The first-order valence-corrected chi connectivity index (χ1v) is 18.9. The summed E-state index contributed by atoms with van der Waals surface area (Å²) in [6, 6.07) is 27.9. The zero-order chi connectivity index (χ0) is 39.8. The standard InChI is InChI=1S/C43H56N2O10/c1-7-43(40(48)51-8-2,45-41(49)55-42(4,5)6)25-24-34(47)37-36(44-30(3)46)39(53-28-33-22-16-11-17-23-33)38(52-27-32-20-14-10-15-21-32)35(54-37)29-50-26-31-18-12-9-13-19-31/h9-23,35-39H,7-8,24-29H2,1-6H3,(H,44,46)(H,45,49)/t35-,36+,37+,38-,39-,43-/m1/s1. The van der Waals surface area contributed by atoms with Gasteiger partial charge in [-0.15, -0.1) is 0 Å². The van der Waals surface area contributed by atoms with Gasteiger partial charge >= 0.3 is 12.1 Å². The predicted molar refractivity (Wildman–Crippen MR) is 206 cm³/mol. The van der Waals surface area contributed by atoms with Crippen molar-refractivity contribution < 1.29 is 47.6 Å². The van der Waals surface area contributed by atoms with Crippen molar-refractivity contribution in [1.82, 2.24) is 10.6 Å². The van der Waals surface area contributed by atoms with E-state index >= 15 is 0 Å². The quantitative estimate of drug-likeness (QED) is 0.135. The number of carbonyl (C=O) groups is 4. The highest BCUT2D eigenvalue weighted by Gasteiger charge is 2.51. The minimum atomic E-state index is -1.57. The van der Waals surface area contributed by atoms with Gasteiger partial charge in [0.1, 0.15) is 35.6 Å². The van der Waals surface area contributed by atoms with Crippen LogP contribution >= 0.6 is 0 Å². The lowest BCUT2D eigenvalue weighted by Gasteiger charge is -2.46. The lowest BCUT2D eigenvalue weighted by Crippen LogP contribution is -2.67. The molecule has 12 nitrogen and oxygen atoms in total. The number of carbonyl (C=O) groups excluding carboxylic acids is 4. The molecule has 12 heteroatoms. The van der Waals surface area contributed by atoms with E-state index in [1.54, 1.807) is 34.6 Å². The molecule has 4 rings (SSSR count). The zero-order valence-electron chi connectivity index (χ0n) is 32.8. The summed E-state index contributed by atoms with van der Waals surface area (Å²) in [5, 5.41) is 5.63. The van der Waals surface area contributed by atoms with Crippen molar-refractivity contribution in [3.63, 3.8) is 0 Å². The average Bonchev–Trinajstić information content (AvgIpc) is 3.16. The van der Waals surface area contributed by atoms with Crippen LogP contribution in [0.15, 0.2) is 91.0 Å². The predicted octanol–water partition coefficient (Wildman–Crippen LogP) is 6.23. The van der Waals surface area contributed by atoms with Crippen LogP contribution in [-0.2, 0) is 62.6 Å². The molecule has 298 valence electrons. The number of alkyl carbamates (subject to hydrolysis) is 1. The van der Waals surface area contributed by atoms with Crippen LogP contribution in [0.3, 0.4) is 0 Å². The van der Waals surface area contributed by atoms with Gasteiger partial charge in [-0.25, -0.2) is 9.59 Å². The van der Waals surface area contributed by atoms with Gasteiger partial charge in [0.2, 0.25) is 5.91 Å². The van der Waals surface area contributed by atoms with Crippen LogP contribution in [0.1, 0.15) is 77.5 Å². The first kappa shape index (κ1) is 43.1. The summed E-state index contributed by atoms with van der Waals surface area (Å²) >= 11 is 0. The first-order chi connectivity index (χ1) is 26.3. The Morgan fingerprint density at radius 2 is 1.27 bits per heavy atom. The van der Waals surface area contributed by atoms with Crippen molar-refractivity contribution in [3.8, 4) is 0 Å². The van der Waals surface area contributed by atoms with E-state index in [1.165, 1.54) is 6.92 Å². The van der Waals surface area contributed by atoms with E-state index in [9.17, 15) is 19.2 Å². The number of ether oxygens (including phenoxy) is 6. The molecule has 3 aromatic rings. The molecule has 55 heavy (non-hydrogen) atoms. The number of ketones is 1. The molecule has 3 aromatic carbocycles. The average molecular weight is 761 g/mol. The van der Waals surface area contributed by atoms with Crippen molar-refractivity contribution in [3.05, 3.63) is 108 Å². The number of hydrogen-bond acceptors (Lipinski definition) is 10. The highest BCUT2D eigenvalue weighted by Crippen LogP contribution is 2.31. The number of nitrogens with one attached hydrogen (secondary N) is 2. The van der Waals surface area contributed by atoms with Crippen LogP contribution in [0.4, 0.5) is 4.79 Å². The van der Waals surface area contributed by atoms with Gasteiger partial charge in [-0.2, -0.15) is 0 Å². The number of Topliss-reactive ketones (excluding diaryl/α,β-unsaturated/α-hetero) is 1. The molecule has 1 aliphatic rings. The fourth-order valence-corrected chi connectivity index (χ4v) is 6.41. The number of amides is 2. The third kappa shape index (κ3) is 13.3. The molecule has 2 N–H and O–H groups in total. The normalized spacial score (nSPS) is 20.8. The Bertz CT molecular complexity index is 1650. The Morgan fingerprint density at radius 3 is 1.76 bits per heavy atom. The van der Waals surface area contributed by atoms with Crippen LogP contribution in [-0.4, -0.2) is 78.6 Å². The van der Waals surface area contributed by atoms with Crippen molar-refractivity contribution in [1.29, 1.82) is 0 Å². The maximum atomic E-state index is 14.5. The molecule has 0 saturated carbocycles. The van der Waals surface area contributed by atoms with E-state index in [-0.39, 0.29) is 52.3 Å². The molecule has 1 aliphatic heterocycles. The summed E-state index contributed by atoms with van der Waals surface area (Å²) in [5.74, 6) is -1.51. The van der Waals surface area contributed by atoms with Gasteiger partial charge in [-0.3, -0.25) is 9.59 Å². The molecular formula is C43H56N2O10. The minimum absolute atomic E-state index is 0.0397. The summed E-state index contributed by atoms with van der Waals surface area (Å²) in [6.07, 6.45) is -4.74. The molecule has 1 heterocycles. The summed E-state index contributed by atoms with van der Waals surface area (Å²) < 4.78 is 36.9. The van der Waals surface area contributed by atoms with Crippen LogP contribution in [0.5, 0.6) is 0 Å². The van der Waals surface area contributed by atoms with Gasteiger partial charge in [-0.1, -0.05) is 97.9 Å². The summed E-state index contributed by atoms with van der Waals surface area (Å²) in [7, 11) is 0. The van der Waals surface area contributed by atoms with Gasteiger partial charge in [-0.05, 0) is 57.2 Å². The van der Waals surface area contributed by atoms with E-state index in [0.717, 1.165) is 16.7 Å². The number of hydrogen-bond donors (Lipinski definition) is 2. The molecule has 0 unspecified atom stereocenters. The van der Waals surface area contributed by atoms with E-state index in [1.807, 2.05) is 91.0 Å². The molecule has 0 radical (unpaired) electrons. The highest BCUT2D eigenvalue weighted by molar-refractivity contribution is 5.89. The zero-order valence-corrected chi connectivity index (χ0v) is 32.8. The van der Waals surface area contributed by atoms with Crippen LogP contribution < -0.4 is 10.6 Å². The second-order valence-corrected chi connectivity index (χ2v) is 14.6. The molecule has 0 aromatic heterocycles. The number of benzene rings is 3. The van der Waals surface area contributed by atoms with E-state index in [4.69, 9.17) is 28.4 Å². The summed E-state index contributed by atoms with van der Waals surface area (Å²) in [5.41, 5.74) is 0.339. The van der Waals surface area contributed by atoms with Crippen molar-refractivity contribution >= 4 is 23.8 Å². The molecule has 0 aliphatic carbocycles. The lowest BCUT2D eigenvalue weighted by molar-refractivity contribution is -0.230. The third-order valence-corrected chi connectivity index (χ3v) is 9.15. The Hall–Kier alpha value is -4.62. The van der Waals surface area contributed by atoms with E-state index in [2.05, 4.69) is 10.6 Å². The Kier molecular flexibility index (Phi) is 16.4. The second kappa shape index (κ2) is 20.9. The molecule has 1 saturated heterocycles. The summed E-state index contributed by atoms with van der Waals surface area (Å²) in [4.78, 5) is 53.8. The monoisotopic (exact) mass is 760 g/mol. The van der Waals surface area contributed by atoms with Crippen LogP contribution in [0.25, 0.3) is 0 Å². The largest absolute Gasteiger partial charge is 0.464 e. The van der Waals surface area contributed by atoms with Crippen molar-refractivity contribution in [2.75, 3.05) is 13.2 Å². The van der Waals surface area contributed by atoms with Gasteiger partial charge in [0.25, 0.3) is 0 Å². The van der Waals surface area contributed by atoms with Crippen LogP contribution in [0.2, 0.25) is 0 Å². The number of esters is 1. The molecule has 6 atom stereocenters. The van der Waals surface area contributed by atoms with Crippen molar-refractivity contribution in [2.45, 2.75) is 122 Å². The Morgan fingerprint density at radius 1 is 0.745 bits per heavy atom. The topological polar surface area (TPSA) is 148 Å². The smallest absolute Gasteiger partial charge is 0.408 e. The third-order valence-electron chi connectivity index (χ3n) is 9.15. The fourth-order valence-electron chi connectivity index (χ4n) is 6.41. The van der Waals surface area contributed by atoms with Gasteiger partial charge in [0.05, 0.1) is 39.1 Å². The SMILES string of the molecule is CCOC(=O)[C@@](CC)(CCC(=O)[C@@H]1O[C@H](COCc2ccccc2)[C@@H](OCc2ccccc2)[C@H](OCc2ccccc2)[C@H]1NC(C)=O)NC(=O)OC(C)(C)C. The lowest BCUT2D eigenvalue weighted by atomic mass is 9.85. The van der Waals surface area contributed by atoms with E-state index in [0.29, 0.717) is 0 Å². The minimum Gasteiger partial charge on any atom is -0.464 e. The molecule has 0 spiro atoms. The maximum Gasteiger partial charge on any atom is 0.408 e. The van der Waals surface area contributed by atoms with E-state index < -0.39 is 65.4 Å². The molecule has 0 bridgehead atoms. The van der Waals surface area contributed by atoms with Gasteiger partial charge in [0, 0.05) is 13.3 Å². The molecule has 2 amide bonds. The fraction of sp³-hybridized carbons (Fsp3) is 0.488. The summed E-state index contributed by atoms with van der Waals surface area (Å²) in [6.45, 7) is 10.6. The van der Waals surface area contributed by atoms with Crippen LogP contribution in [0, 0.1) is 0 Å². The van der Waals surface area contributed by atoms with Gasteiger partial charge in [0.15, 0.2) is 5.78 Å². The highest BCUT2D eigenvalue weighted by atomic mass is 16.6. The second-order valence-electron chi connectivity index (χ2n) is 14.6. The molecular weight excluding hydrogens is 704 g/mol.